The largest absolute Gasteiger partial charge is 0.444 e. The highest BCUT2D eigenvalue weighted by Crippen LogP contribution is 2.13. The molecule has 0 fully saturated rings. The van der Waals surface area contributed by atoms with Crippen LogP contribution in [0.1, 0.15) is 52.9 Å². The number of alkyl carbamates (subject to hydrolysis) is 2. The van der Waals surface area contributed by atoms with Crippen molar-refractivity contribution in [3.8, 4) is 0 Å². The lowest BCUT2D eigenvalue weighted by molar-refractivity contribution is 0.0523. The lowest BCUT2D eigenvalue weighted by Gasteiger charge is -2.19. The Morgan fingerprint density at radius 2 is 1.49 bits per heavy atom. The Morgan fingerprint density at radius 3 is 2.18 bits per heavy atom. The van der Waals surface area contributed by atoms with Gasteiger partial charge in [-0.1, -0.05) is 42.5 Å². The normalized spacial score (nSPS) is 10.6. The first-order valence-corrected chi connectivity index (χ1v) is 11.9. The first kappa shape index (κ1) is 28.4. The third kappa shape index (κ3) is 9.69. The number of carbonyl (C=O) groups excluding carboxylic acids is 4. The summed E-state index contributed by atoms with van der Waals surface area (Å²) in [6, 6.07) is 18.6. The van der Waals surface area contributed by atoms with E-state index in [0.717, 1.165) is 11.1 Å². The number of amides is 4. The maximum atomic E-state index is 12.7. The zero-order valence-electron chi connectivity index (χ0n) is 21.7. The van der Waals surface area contributed by atoms with E-state index in [1.807, 2.05) is 6.07 Å². The van der Waals surface area contributed by atoms with Crippen LogP contribution in [0.25, 0.3) is 0 Å². The Kier molecular flexibility index (Phi) is 9.41. The van der Waals surface area contributed by atoms with Gasteiger partial charge in [-0.25, -0.2) is 9.59 Å². The van der Waals surface area contributed by atoms with Crippen molar-refractivity contribution in [3.05, 3.63) is 89.2 Å². The van der Waals surface area contributed by atoms with Crippen LogP contribution in [-0.2, 0) is 22.6 Å². The van der Waals surface area contributed by atoms with E-state index in [4.69, 9.17) is 14.9 Å². The summed E-state index contributed by atoms with van der Waals surface area (Å²) in [5.41, 5.74) is 1.46. The molecule has 0 aliphatic heterocycles. The quantitative estimate of drug-likeness (QED) is 0.198. The molecule has 0 unspecified atom stereocenters. The van der Waals surface area contributed by atoms with Crippen molar-refractivity contribution in [1.82, 2.24) is 20.9 Å². The van der Waals surface area contributed by atoms with Gasteiger partial charge in [0.15, 0.2) is 0 Å². The molecule has 1 heterocycles. The Labute approximate surface area is 225 Å². The molecule has 0 spiro atoms. The van der Waals surface area contributed by atoms with Gasteiger partial charge in [0.25, 0.3) is 11.8 Å². The van der Waals surface area contributed by atoms with E-state index in [9.17, 15) is 19.2 Å². The van der Waals surface area contributed by atoms with Gasteiger partial charge in [-0.15, -0.1) is 0 Å². The molecule has 0 aliphatic carbocycles. The molecule has 12 nitrogen and oxygen atoms in total. The maximum Gasteiger partial charge on any atom is 0.414 e. The number of aromatic amines is 1. The Bertz CT molecular complexity index is 1350. The van der Waals surface area contributed by atoms with Crippen molar-refractivity contribution in [2.75, 3.05) is 5.32 Å². The van der Waals surface area contributed by atoms with Crippen LogP contribution in [0.2, 0.25) is 0 Å². The highest BCUT2D eigenvalue weighted by molar-refractivity contribution is 6.08. The van der Waals surface area contributed by atoms with Crippen molar-refractivity contribution in [2.45, 2.75) is 39.5 Å². The number of ether oxygens (including phenoxy) is 2. The van der Waals surface area contributed by atoms with Crippen LogP contribution < -0.4 is 21.3 Å². The van der Waals surface area contributed by atoms with E-state index in [-0.39, 0.29) is 24.5 Å². The number of benzene rings is 2. The minimum Gasteiger partial charge on any atom is -0.444 e. The molecule has 12 heteroatoms. The Balaban J connectivity index is 1.48. The minimum absolute atomic E-state index is 0.000311. The number of aromatic nitrogens is 1. The summed E-state index contributed by atoms with van der Waals surface area (Å²) in [6.45, 7) is 5.51. The van der Waals surface area contributed by atoms with Gasteiger partial charge in [-0.3, -0.25) is 25.6 Å². The van der Waals surface area contributed by atoms with Gasteiger partial charge in [0.05, 0.1) is 0 Å². The van der Waals surface area contributed by atoms with Crippen LogP contribution in [0.4, 0.5) is 15.3 Å². The van der Waals surface area contributed by atoms with E-state index < -0.39 is 35.6 Å². The molecule has 6 N–H and O–H groups in total. The third-order valence-corrected chi connectivity index (χ3v) is 4.87. The summed E-state index contributed by atoms with van der Waals surface area (Å²) in [4.78, 5) is 51.5. The molecule has 2 aromatic carbocycles. The van der Waals surface area contributed by atoms with Gasteiger partial charge in [-0.2, -0.15) is 0 Å². The van der Waals surface area contributed by atoms with Crippen LogP contribution in [0.3, 0.4) is 0 Å². The lowest BCUT2D eigenvalue weighted by atomic mass is 10.2. The highest BCUT2D eigenvalue weighted by atomic mass is 16.6. The molecule has 0 radical (unpaired) electrons. The summed E-state index contributed by atoms with van der Waals surface area (Å²) in [7, 11) is 0. The summed E-state index contributed by atoms with van der Waals surface area (Å²) in [5, 5.41) is 17.4. The zero-order chi connectivity index (χ0) is 28.4. The first-order valence-electron chi connectivity index (χ1n) is 11.9. The average Bonchev–Trinajstić information content (AvgIpc) is 3.37. The van der Waals surface area contributed by atoms with Crippen molar-refractivity contribution in [1.29, 1.82) is 5.41 Å². The Hall–Kier alpha value is -5.13. The summed E-state index contributed by atoms with van der Waals surface area (Å²) >= 11 is 0. The van der Waals surface area contributed by atoms with Gasteiger partial charge in [0.1, 0.15) is 23.6 Å². The minimum atomic E-state index is -0.903. The number of carbonyl (C=O) groups is 4. The molecule has 0 aliphatic rings. The first-order chi connectivity index (χ1) is 18.5. The summed E-state index contributed by atoms with van der Waals surface area (Å²) in [6.07, 6.45) is -1.46. The van der Waals surface area contributed by atoms with Crippen LogP contribution >= 0.6 is 0 Å². The van der Waals surface area contributed by atoms with Crippen LogP contribution in [0.15, 0.2) is 66.7 Å². The van der Waals surface area contributed by atoms with Crippen molar-refractivity contribution < 1.29 is 28.7 Å². The van der Waals surface area contributed by atoms with Crippen molar-refractivity contribution in [3.63, 3.8) is 0 Å². The van der Waals surface area contributed by atoms with Gasteiger partial charge < -0.3 is 25.1 Å². The second kappa shape index (κ2) is 12.9. The monoisotopic (exact) mass is 534 g/mol. The standard InChI is InChI=1S/C27H30N6O6/c1-27(2,3)39-25(36)29-15-18-10-7-11-19(14-18)30-22(34)20-12-13-21(31-20)23(35)32-24(28)33-26(37)38-16-17-8-5-4-6-9-17/h4-14,31H,15-16H2,1-3H3,(H,29,36)(H,30,34)(H3,28,32,33,35,37). The predicted octanol–water partition coefficient (Wildman–Crippen LogP) is 3.88. The molecular weight excluding hydrogens is 504 g/mol. The van der Waals surface area contributed by atoms with Crippen LogP contribution in [0.5, 0.6) is 0 Å². The topological polar surface area (TPSA) is 174 Å². The Morgan fingerprint density at radius 1 is 0.821 bits per heavy atom. The molecule has 39 heavy (non-hydrogen) atoms. The maximum absolute atomic E-state index is 12.7. The smallest absolute Gasteiger partial charge is 0.414 e. The molecule has 1 aromatic heterocycles. The number of guanidine groups is 1. The van der Waals surface area contributed by atoms with E-state index in [2.05, 4.69) is 26.3 Å². The molecule has 0 saturated carbocycles. The number of nitrogens with one attached hydrogen (secondary N) is 6. The molecule has 0 saturated heterocycles. The van der Waals surface area contributed by atoms with E-state index in [1.165, 1.54) is 12.1 Å². The average molecular weight is 535 g/mol. The SMILES string of the molecule is CC(C)(C)OC(=O)NCc1cccc(NC(=O)c2ccc(C(=O)NC(=N)NC(=O)OCc3ccccc3)[nH]2)c1. The van der Waals surface area contributed by atoms with Crippen molar-refractivity contribution >= 4 is 35.6 Å². The molecule has 0 bridgehead atoms. The fourth-order valence-electron chi connectivity index (χ4n) is 3.18. The lowest BCUT2D eigenvalue weighted by Crippen LogP contribution is -2.43. The molecule has 204 valence electrons. The van der Waals surface area contributed by atoms with Gasteiger partial charge in [0, 0.05) is 12.2 Å². The van der Waals surface area contributed by atoms with Crippen LogP contribution in [-0.4, -0.2) is 40.5 Å². The number of H-pyrrole nitrogens is 1. The van der Waals surface area contributed by atoms with E-state index >= 15 is 0 Å². The molecule has 4 amide bonds. The fourth-order valence-corrected chi connectivity index (χ4v) is 3.18. The van der Waals surface area contributed by atoms with Crippen molar-refractivity contribution in [2.24, 2.45) is 0 Å². The molecule has 3 aromatic rings. The summed E-state index contributed by atoms with van der Waals surface area (Å²) < 4.78 is 10.2. The predicted molar refractivity (Wildman–Crippen MR) is 143 cm³/mol. The van der Waals surface area contributed by atoms with Crippen LogP contribution in [0, 0.1) is 5.41 Å². The summed E-state index contributed by atoms with van der Waals surface area (Å²) in [5.74, 6) is -1.84. The van der Waals surface area contributed by atoms with E-state index in [1.54, 1.807) is 69.3 Å². The molecular formula is C27H30N6O6. The van der Waals surface area contributed by atoms with Gasteiger partial charge >= 0.3 is 12.2 Å². The number of anilines is 1. The van der Waals surface area contributed by atoms with Gasteiger partial charge in [0.2, 0.25) is 5.96 Å². The second-order valence-corrected chi connectivity index (χ2v) is 9.31. The number of rotatable bonds is 7. The molecule has 0 atom stereocenters. The van der Waals surface area contributed by atoms with E-state index in [0.29, 0.717) is 5.69 Å². The molecule has 3 rings (SSSR count). The fraction of sp³-hybridized carbons (Fsp3) is 0.222. The number of hydrogen-bond donors (Lipinski definition) is 6. The second-order valence-electron chi connectivity index (χ2n) is 9.31. The van der Waals surface area contributed by atoms with Gasteiger partial charge in [-0.05, 0) is 56.2 Å². The highest BCUT2D eigenvalue weighted by Gasteiger charge is 2.17. The zero-order valence-corrected chi connectivity index (χ0v) is 21.7. The number of hydrogen-bond acceptors (Lipinski definition) is 7. The third-order valence-electron chi connectivity index (χ3n) is 4.87.